The SMILES string of the molecule is CNc1cc(NC2CCCSC2)nc(-c2ccccc2)n1. The summed E-state index contributed by atoms with van der Waals surface area (Å²) in [5.41, 5.74) is 1.04. The highest BCUT2D eigenvalue weighted by atomic mass is 32.2. The van der Waals surface area contributed by atoms with Crippen molar-refractivity contribution in [3.05, 3.63) is 36.4 Å². The second kappa shape index (κ2) is 6.80. The third-order valence-corrected chi connectivity index (χ3v) is 4.74. The first kappa shape index (κ1) is 14.2. The van der Waals surface area contributed by atoms with Crippen LogP contribution >= 0.6 is 11.8 Å². The maximum Gasteiger partial charge on any atom is 0.163 e. The highest BCUT2D eigenvalue weighted by Crippen LogP contribution is 2.23. The first-order valence-electron chi connectivity index (χ1n) is 7.31. The quantitative estimate of drug-likeness (QED) is 0.905. The summed E-state index contributed by atoms with van der Waals surface area (Å²) in [4.78, 5) is 9.22. The van der Waals surface area contributed by atoms with Crippen molar-refractivity contribution in [2.75, 3.05) is 29.2 Å². The molecule has 0 bridgehead atoms. The van der Waals surface area contributed by atoms with Gasteiger partial charge in [-0.25, -0.2) is 9.97 Å². The zero-order valence-corrected chi connectivity index (χ0v) is 13.0. The Morgan fingerprint density at radius 1 is 1.14 bits per heavy atom. The van der Waals surface area contributed by atoms with E-state index in [0.717, 1.165) is 28.8 Å². The Morgan fingerprint density at radius 3 is 2.67 bits per heavy atom. The van der Waals surface area contributed by atoms with Gasteiger partial charge in [-0.1, -0.05) is 30.3 Å². The van der Waals surface area contributed by atoms with E-state index in [9.17, 15) is 0 Å². The van der Waals surface area contributed by atoms with Crippen molar-refractivity contribution in [1.29, 1.82) is 0 Å². The normalized spacial score (nSPS) is 18.2. The number of benzene rings is 1. The Morgan fingerprint density at radius 2 is 1.95 bits per heavy atom. The molecule has 0 amide bonds. The van der Waals surface area contributed by atoms with Crippen molar-refractivity contribution in [3.8, 4) is 11.4 Å². The molecule has 0 radical (unpaired) electrons. The second-order valence-corrected chi connectivity index (χ2v) is 6.29. The minimum Gasteiger partial charge on any atom is -0.373 e. The number of nitrogens with zero attached hydrogens (tertiary/aromatic N) is 2. The summed E-state index contributed by atoms with van der Waals surface area (Å²) in [6.45, 7) is 0. The molecule has 1 fully saturated rings. The summed E-state index contributed by atoms with van der Waals surface area (Å²) in [6, 6.07) is 12.6. The molecule has 5 heteroatoms. The first-order valence-corrected chi connectivity index (χ1v) is 8.47. The number of nitrogens with one attached hydrogen (secondary N) is 2. The van der Waals surface area contributed by atoms with Gasteiger partial charge in [0.05, 0.1) is 0 Å². The van der Waals surface area contributed by atoms with E-state index in [-0.39, 0.29) is 0 Å². The molecule has 2 aromatic rings. The van der Waals surface area contributed by atoms with E-state index >= 15 is 0 Å². The van der Waals surface area contributed by atoms with Gasteiger partial charge in [-0.15, -0.1) is 0 Å². The fourth-order valence-corrected chi connectivity index (χ4v) is 3.50. The van der Waals surface area contributed by atoms with E-state index in [2.05, 4.69) is 20.6 Å². The molecule has 0 aliphatic carbocycles. The third-order valence-electron chi connectivity index (χ3n) is 3.53. The molecular formula is C16H20N4S. The van der Waals surface area contributed by atoms with Crippen LogP contribution in [0.25, 0.3) is 11.4 Å². The van der Waals surface area contributed by atoms with Crippen molar-refractivity contribution < 1.29 is 0 Å². The van der Waals surface area contributed by atoms with Crippen molar-refractivity contribution in [1.82, 2.24) is 9.97 Å². The Hall–Kier alpha value is -1.75. The largest absolute Gasteiger partial charge is 0.373 e. The second-order valence-electron chi connectivity index (χ2n) is 5.14. The van der Waals surface area contributed by atoms with Gasteiger partial charge in [-0.3, -0.25) is 0 Å². The van der Waals surface area contributed by atoms with Crippen molar-refractivity contribution >= 4 is 23.4 Å². The van der Waals surface area contributed by atoms with E-state index < -0.39 is 0 Å². The average Bonchev–Trinajstić information content (AvgIpc) is 2.56. The van der Waals surface area contributed by atoms with Crippen LogP contribution in [0.15, 0.2) is 36.4 Å². The van der Waals surface area contributed by atoms with Gasteiger partial charge in [0.25, 0.3) is 0 Å². The Kier molecular flexibility index (Phi) is 4.60. The molecule has 1 unspecified atom stereocenters. The van der Waals surface area contributed by atoms with E-state index in [0.29, 0.717) is 6.04 Å². The fraction of sp³-hybridized carbons (Fsp3) is 0.375. The van der Waals surface area contributed by atoms with Gasteiger partial charge >= 0.3 is 0 Å². The molecule has 2 N–H and O–H groups in total. The highest BCUT2D eigenvalue weighted by molar-refractivity contribution is 7.99. The number of aromatic nitrogens is 2. The number of anilines is 2. The lowest BCUT2D eigenvalue weighted by Crippen LogP contribution is -2.26. The Bertz CT molecular complexity index is 582. The maximum absolute atomic E-state index is 4.67. The summed E-state index contributed by atoms with van der Waals surface area (Å²) in [7, 11) is 1.89. The molecule has 1 atom stereocenters. The third kappa shape index (κ3) is 3.67. The first-order chi connectivity index (χ1) is 10.3. The fourth-order valence-electron chi connectivity index (χ4n) is 2.43. The maximum atomic E-state index is 4.67. The van der Waals surface area contributed by atoms with Gasteiger partial charge in [0, 0.05) is 30.5 Å². The number of hydrogen-bond donors (Lipinski definition) is 2. The monoisotopic (exact) mass is 300 g/mol. The van der Waals surface area contributed by atoms with Gasteiger partial charge in [0.1, 0.15) is 11.6 Å². The zero-order chi connectivity index (χ0) is 14.5. The number of rotatable bonds is 4. The van der Waals surface area contributed by atoms with E-state index in [1.165, 1.54) is 18.6 Å². The van der Waals surface area contributed by atoms with Crippen LogP contribution in [-0.4, -0.2) is 34.6 Å². The molecule has 2 heterocycles. The van der Waals surface area contributed by atoms with Gasteiger partial charge < -0.3 is 10.6 Å². The lowest BCUT2D eigenvalue weighted by Gasteiger charge is -2.23. The molecule has 1 aliphatic rings. The highest BCUT2D eigenvalue weighted by Gasteiger charge is 2.15. The lowest BCUT2D eigenvalue weighted by molar-refractivity contribution is 0.682. The summed E-state index contributed by atoms with van der Waals surface area (Å²) < 4.78 is 0. The molecule has 1 aliphatic heterocycles. The van der Waals surface area contributed by atoms with Crippen LogP contribution < -0.4 is 10.6 Å². The summed E-state index contributed by atoms with van der Waals surface area (Å²) >= 11 is 2.01. The van der Waals surface area contributed by atoms with Crippen LogP contribution in [0.1, 0.15) is 12.8 Å². The topological polar surface area (TPSA) is 49.8 Å². The Labute approximate surface area is 129 Å². The van der Waals surface area contributed by atoms with Crippen LogP contribution in [-0.2, 0) is 0 Å². The van der Waals surface area contributed by atoms with Crippen molar-refractivity contribution in [3.63, 3.8) is 0 Å². The van der Waals surface area contributed by atoms with E-state index in [1.807, 2.05) is 55.2 Å². The predicted molar refractivity (Wildman–Crippen MR) is 91.0 cm³/mol. The molecule has 1 aromatic heterocycles. The van der Waals surface area contributed by atoms with Crippen LogP contribution in [0, 0.1) is 0 Å². The smallest absolute Gasteiger partial charge is 0.163 e. The van der Waals surface area contributed by atoms with Gasteiger partial charge in [-0.05, 0) is 18.6 Å². The summed E-state index contributed by atoms with van der Waals surface area (Å²) in [5, 5.41) is 6.67. The molecule has 0 saturated carbocycles. The zero-order valence-electron chi connectivity index (χ0n) is 12.2. The average molecular weight is 300 g/mol. The molecule has 1 saturated heterocycles. The molecule has 4 nitrogen and oxygen atoms in total. The number of hydrogen-bond acceptors (Lipinski definition) is 5. The van der Waals surface area contributed by atoms with Crippen molar-refractivity contribution in [2.45, 2.75) is 18.9 Å². The predicted octanol–water partition coefficient (Wildman–Crippen LogP) is 3.49. The number of thioether (sulfide) groups is 1. The molecule has 3 rings (SSSR count). The Balaban J connectivity index is 1.86. The molecule has 1 aromatic carbocycles. The van der Waals surface area contributed by atoms with Gasteiger partial charge in [-0.2, -0.15) is 11.8 Å². The minimum absolute atomic E-state index is 0.506. The molecular weight excluding hydrogens is 280 g/mol. The van der Waals surface area contributed by atoms with Gasteiger partial charge in [0.2, 0.25) is 0 Å². The van der Waals surface area contributed by atoms with E-state index in [1.54, 1.807) is 0 Å². The van der Waals surface area contributed by atoms with Crippen LogP contribution in [0.2, 0.25) is 0 Å². The summed E-state index contributed by atoms with van der Waals surface area (Å²) in [5.74, 6) is 4.93. The molecule has 0 spiro atoms. The molecule has 21 heavy (non-hydrogen) atoms. The van der Waals surface area contributed by atoms with Crippen molar-refractivity contribution in [2.24, 2.45) is 0 Å². The molecule has 110 valence electrons. The van der Waals surface area contributed by atoms with Gasteiger partial charge in [0.15, 0.2) is 5.82 Å². The van der Waals surface area contributed by atoms with Crippen LogP contribution in [0.4, 0.5) is 11.6 Å². The summed E-state index contributed by atoms with van der Waals surface area (Å²) in [6.07, 6.45) is 2.49. The standard InChI is InChI=1S/C16H20N4S/c1-17-14-10-15(18-13-8-5-9-21-11-13)20-16(19-14)12-6-3-2-4-7-12/h2-4,6-7,10,13H,5,8-9,11H2,1H3,(H2,17,18,19,20). The minimum atomic E-state index is 0.506. The van der Waals surface area contributed by atoms with Crippen LogP contribution in [0.3, 0.4) is 0 Å². The van der Waals surface area contributed by atoms with E-state index in [4.69, 9.17) is 0 Å². The van der Waals surface area contributed by atoms with Crippen LogP contribution in [0.5, 0.6) is 0 Å². The lowest BCUT2D eigenvalue weighted by atomic mass is 10.2.